The minimum absolute atomic E-state index is 0.0705. The van der Waals surface area contributed by atoms with Crippen molar-refractivity contribution in [3.63, 3.8) is 0 Å². The topological polar surface area (TPSA) is 53.4 Å². The molecular formula is C16H18N2O2S. The van der Waals surface area contributed by atoms with Crippen LogP contribution in [-0.4, -0.2) is 33.5 Å². The number of rotatable bonds is 4. The van der Waals surface area contributed by atoms with Crippen molar-refractivity contribution in [2.45, 2.75) is 31.3 Å². The summed E-state index contributed by atoms with van der Waals surface area (Å²) in [4.78, 5) is 18.2. The second-order valence-corrected chi connectivity index (χ2v) is 6.08. The molecule has 3 rings (SSSR count). The van der Waals surface area contributed by atoms with E-state index in [-0.39, 0.29) is 6.04 Å². The average molecular weight is 302 g/mol. The quantitative estimate of drug-likeness (QED) is 0.942. The molecule has 1 aliphatic rings. The molecule has 1 saturated heterocycles. The molecule has 110 valence electrons. The molecule has 0 amide bonds. The van der Waals surface area contributed by atoms with Crippen molar-refractivity contribution in [3.05, 3.63) is 52.5 Å². The molecule has 0 bridgehead atoms. The van der Waals surface area contributed by atoms with Crippen LogP contribution < -0.4 is 0 Å². The van der Waals surface area contributed by atoms with Gasteiger partial charge in [-0.2, -0.15) is 11.3 Å². The second kappa shape index (κ2) is 6.37. The summed E-state index contributed by atoms with van der Waals surface area (Å²) >= 11 is 1.63. The lowest BCUT2D eigenvalue weighted by molar-refractivity contribution is -0.145. The van der Waals surface area contributed by atoms with Gasteiger partial charge in [-0.1, -0.05) is 12.5 Å². The van der Waals surface area contributed by atoms with E-state index in [1.165, 1.54) is 0 Å². The van der Waals surface area contributed by atoms with Crippen LogP contribution >= 0.6 is 11.3 Å². The number of aliphatic carboxylic acids is 1. The highest BCUT2D eigenvalue weighted by atomic mass is 32.1. The first-order valence-corrected chi connectivity index (χ1v) is 8.13. The lowest BCUT2D eigenvalue weighted by atomic mass is 9.95. The third-order valence-corrected chi connectivity index (χ3v) is 4.69. The maximum absolute atomic E-state index is 11.6. The van der Waals surface area contributed by atoms with Gasteiger partial charge in [-0.15, -0.1) is 0 Å². The van der Waals surface area contributed by atoms with Crippen LogP contribution in [0.3, 0.4) is 0 Å². The Bertz CT molecular complexity index is 586. The van der Waals surface area contributed by atoms with Crippen molar-refractivity contribution in [1.29, 1.82) is 0 Å². The minimum Gasteiger partial charge on any atom is -0.480 e. The summed E-state index contributed by atoms with van der Waals surface area (Å²) in [6, 6.07) is 7.40. The van der Waals surface area contributed by atoms with E-state index in [2.05, 4.69) is 21.3 Å². The fraction of sp³-hybridized carbons (Fsp3) is 0.375. The molecule has 1 aliphatic heterocycles. The SMILES string of the molecule is O=C(O)C1CCCCN1C(c1ccsc1)c1ccccn1. The van der Waals surface area contributed by atoms with E-state index in [0.29, 0.717) is 6.42 Å². The molecule has 0 aromatic carbocycles. The van der Waals surface area contributed by atoms with Crippen LogP contribution in [0.1, 0.15) is 36.6 Å². The van der Waals surface area contributed by atoms with Gasteiger partial charge in [0.2, 0.25) is 0 Å². The van der Waals surface area contributed by atoms with E-state index in [1.807, 2.05) is 23.6 Å². The predicted molar refractivity (Wildman–Crippen MR) is 82.4 cm³/mol. The van der Waals surface area contributed by atoms with E-state index in [0.717, 1.165) is 30.6 Å². The van der Waals surface area contributed by atoms with Gasteiger partial charge in [-0.3, -0.25) is 14.7 Å². The zero-order valence-corrected chi connectivity index (χ0v) is 12.5. The van der Waals surface area contributed by atoms with Gasteiger partial charge in [0.15, 0.2) is 0 Å². The van der Waals surface area contributed by atoms with Crippen molar-refractivity contribution in [2.24, 2.45) is 0 Å². The number of carboxylic acid groups (broad SMARTS) is 1. The van der Waals surface area contributed by atoms with Crippen LogP contribution in [0.5, 0.6) is 0 Å². The van der Waals surface area contributed by atoms with Gasteiger partial charge in [0.05, 0.1) is 11.7 Å². The third kappa shape index (κ3) is 2.99. The molecule has 1 fully saturated rings. The van der Waals surface area contributed by atoms with Gasteiger partial charge in [0, 0.05) is 6.20 Å². The van der Waals surface area contributed by atoms with E-state index < -0.39 is 12.0 Å². The highest BCUT2D eigenvalue weighted by molar-refractivity contribution is 7.08. The molecule has 2 aromatic rings. The molecule has 0 aliphatic carbocycles. The second-order valence-electron chi connectivity index (χ2n) is 5.30. The van der Waals surface area contributed by atoms with Crippen LogP contribution in [0.2, 0.25) is 0 Å². The predicted octanol–water partition coefficient (Wildman–Crippen LogP) is 3.17. The first kappa shape index (κ1) is 14.2. The zero-order valence-electron chi connectivity index (χ0n) is 11.7. The summed E-state index contributed by atoms with van der Waals surface area (Å²) < 4.78 is 0. The van der Waals surface area contributed by atoms with Crippen molar-refractivity contribution in [2.75, 3.05) is 6.54 Å². The number of aromatic nitrogens is 1. The molecule has 0 radical (unpaired) electrons. The van der Waals surface area contributed by atoms with Crippen molar-refractivity contribution in [1.82, 2.24) is 9.88 Å². The Morgan fingerprint density at radius 1 is 1.38 bits per heavy atom. The molecular weight excluding hydrogens is 284 g/mol. The van der Waals surface area contributed by atoms with Gasteiger partial charge in [-0.05, 0) is 53.9 Å². The molecule has 0 spiro atoms. The van der Waals surface area contributed by atoms with Crippen LogP contribution in [0, 0.1) is 0 Å². The summed E-state index contributed by atoms with van der Waals surface area (Å²) in [6.07, 6.45) is 4.50. The first-order valence-electron chi connectivity index (χ1n) is 7.19. The first-order chi connectivity index (χ1) is 10.3. The number of hydrogen-bond donors (Lipinski definition) is 1. The molecule has 2 aromatic heterocycles. The Balaban J connectivity index is 2.00. The average Bonchev–Trinajstić information content (AvgIpc) is 3.03. The number of carboxylic acids is 1. The summed E-state index contributed by atoms with van der Waals surface area (Å²) in [5.74, 6) is -0.731. The number of hydrogen-bond acceptors (Lipinski definition) is 4. The molecule has 5 heteroatoms. The van der Waals surface area contributed by atoms with Crippen molar-refractivity contribution >= 4 is 17.3 Å². The molecule has 4 nitrogen and oxygen atoms in total. The Labute approximate surface area is 128 Å². The number of carbonyl (C=O) groups is 1. The monoisotopic (exact) mass is 302 g/mol. The van der Waals surface area contributed by atoms with E-state index >= 15 is 0 Å². The number of pyridine rings is 1. The number of nitrogens with zero attached hydrogens (tertiary/aromatic N) is 2. The van der Waals surface area contributed by atoms with Crippen LogP contribution in [0.15, 0.2) is 41.2 Å². The van der Waals surface area contributed by atoms with Crippen LogP contribution in [0.4, 0.5) is 0 Å². The number of thiophene rings is 1. The third-order valence-electron chi connectivity index (χ3n) is 3.99. The smallest absolute Gasteiger partial charge is 0.320 e. The zero-order chi connectivity index (χ0) is 14.7. The highest BCUT2D eigenvalue weighted by Gasteiger charge is 2.35. The molecule has 21 heavy (non-hydrogen) atoms. The van der Waals surface area contributed by atoms with Gasteiger partial charge < -0.3 is 5.11 Å². The molecule has 3 heterocycles. The molecule has 2 unspecified atom stereocenters. The van der Waals surface area contributed by atoms with Crippen molar-refractivity contribution < 1.29 is 9.90 Å². The maximum Gasteiger partial charge on any atom is 0.320 e. The summed E-state index contributed by atoms with van der Waals surface area (Å²) in [7, 11) is 0. The Morgan fingerprint density at radius 2 is 2.29 bits per heavy atom. The Hall–Kier alpha value is -1.72. The van der Waals surface area contributed by atoms with E-state index in [1.54, 1.807) is 17.5 Å². The van der Waals surface area contributed by atoms with Gasteiger partial charge in [0.1, 0.15) is 6.04 Å². The fourth-order valence-electron chi connectivity index (χ4n) is 3.03. The molecule has 1 N–H and O–H groups in total. The standard InChI is InChI=1S/C16H18N2O2S/c19-16(20)14-6-2-4-9-18(14)15(12-7-10-21-11-12)13-5-1-3-8-17-13/h1,3,5,7-8,10-11,14-15H,2,4,6,9H2,(H,19,20). The largest absolute Gasteiger partial charge is 0.480 e. The van der Waals surface area contributed by atoms with Crippen LogP contribution in [-0.2, 0) is 4.79 Å². The van der Waals surface area contributed by atoms with Gasteiger partial charge >= 0.3 is 5.97 Å². The highest BCUT2D eigenvalue weighted by Crippen LogP contribution is 2.34. The summed E-state index contributed by atoms with van der Waals surface area (Å²) in [5.41, 5.74) is 2.05. The molecule has 2 atom stereocenters. The van der Waals surface area contributed by atoms with E-state index in [4.69, 9.17) is 0 Å². The Kier molecular flexibility index (Phi) is 4.31. The lowest BCUT2D eigenvalue weighted by Gasteiger charge is -2.38. The van der Waals surface area contributed by atoms with Gasteiger partial charge in [-0.25, -0.2) is 0 Å². The maximum atomic E-state index is 11.6. The molecule has 0 saturated carbocycles. The minimum atomic E-state index is -0.731. The summed E-state index contributed by atoms with van der Waals surface area (Å²) in [5, 5.41) is 13.7. The Morgan fingerprint density at radius 3 is 2.95 bits per heavy atom. The number of piperidine rings is 1. The lowest BCUT2D eigenvalue weighted by Crippen LogP contribution is -2.46. The van der Waals surface area contributed by atoms with Crippen molar-refractivity contribution in [3.8, 4) is 0 Å². The van der Waals surface area contributed by atoms with Crippen LogP contribution in [0.25, 0.3) is 0 Å². The van der Waals surface area contributed by atoms with E-state index in [9.17, 15) is 9.90 Å². The summed E-state index contributed by atoms with van der Waals surface area (Å²) in [6.45, 7) is 0.800. The fourth-order valence-corrected chi connectivity index (χ4v) is 3.71. The number of likely N-dealkylation sites (tertiary alicyclic amines) is 1. The normalized spacial score (nSPS) is 21.0. The van der Waals surface area contributed by atoms with Gasteiger partial charge in [0.25, 0.3) is 0 Å².